The summed E-state index contributed by atoms with van der Waals surface area (Å²) in [7, 11) is -3.66. The summed E-state index contributed by atoms with van der Waals surface area (Å²) in [6.45, 7) is 7.76. The van der Waals surface area contributed by atoms with E-state index < -0.39 is 15.9 Å². The molecule has 0 aliphatic heterocycles. The molecule has 0 atom stereocenters. The van der Waals surface area contributed by atoms with Gasteiger partial charge in [0, 0.05) is 17.5 Å². The second-order valence-electron chi connectivity index (χ2n) is 6.90. The van der Waals surface area contributed by atoms with Gasteiger partial charge < -0.3 is 9.88 Å². The van der Waals surface area contributed by atoms with Crippen molar-refractivity contribution in [1.82, 2.24) is 13.9 Å². The molecule has 134 valence electrons. The Morgan fingerprint density at radius 3 is 2.28 bits per heavy atom. The smallest absolute Gasteiger partial charge is 0.269 e. The van der Waals surface area contributed by atoms with Gasteiger partial charge in [0.1, 0.15) is 5.69 Å². The van der Waals surface area contributed by atoms with Crippen LogP contribution < -0.4 is 5.32 Å². The normalized spacial score (nSPS) is 12.6. The van der Waals surface area contributed by atoms with Gasteiger partial charge in [-0.05, 0) is 39.8 Å². The van der Waals surface area contributed by atoms with E-state index >= 15 is 0 Å². The Kier molecular flexibility index (Phi) is 4.15. The van der Waals surface area contributed by atoms with Crippen LogP contribution in [0.25, 0.3) is 21.9 Å². The molecule has 1 amide bonds. The Balaban J connectivity index is 2.48. The molecule has 0 aliphatic carbocycles. The van der Waals surface area contributed by atoms with Gasteiger partial charge in [0.25, 0.3) is 5.91 Å². The largest absolute Gasteiger partial charge is 0.349 e. The van der Waals surface area contributed by atoms with Crippen molar-refractivity contribution in [1.29, 1.82) is 0 Å². The average molecular weight is 361 g/mol. The zero-order valence-electron chi connectivity index (χ0n) is 15.1. The third-order valence-corrected chi connectivity index (χ3v) is 5.16. The molecule has 3 aromatic rings. The van der Waals surface area contributed by atoms with Crippen LogP contribution in [0.15, 0.2) is 30.3 Å². The van der Waals surface area contributed by atoms with Gasteiger partial charge in [-0.2, -0.15) is 0 Å². The molecule has 1 N–H and O–H groups in total. The van der Waals surface area contributed by atoms with E-state index in [0.717, 1.165) is 22.7 Å². The summed E-state index contributed by atoms with van der Waals surface area (Å²) in [5, 5.41) is 3.61. The Morgan fingerprint density at radius 2 is 1.72 bits per heavy atom. The lowest BCUT2D eigenvalue weighted by molar-refractivity contribution is 0.0937. The van der Waals surface area contributed by atoms with E-state index in [1.807, 2.05) is 52.0 Å². The molecule has 25 heavy (non-hydrogen) atoms. The van der Waals surface area contributed by atoms with E-state index in [4.69, 9.17) is 0 Å². The number of carbonyl (C=O) groups is 1. The predicted molar refractivity (Wildman–Crippen MR) is 101 cm³/mol. The molecule has 0 fully saturated rings. The van der Waals surface area contributed by atoms with E-state index in [1.54, 1.807) is 6.07 Å². The van der Waals surface area contributed by atoms with Gasteiger partial charge in [0.15, 0.2) is 0 Å². The average Bonchev–Trinajstić information content (AvgIpc) is 2.99. The predicted octanol–water partition coefficient (Wildman–Crippen LogP) is 3.12. The van der Waals surface area contributed by atoms with Crippen molar-refractivity contribution < 1.29 is 13.2 Å². The monoisotopic (exact) mass is 361 g/mol. The van der Waals surface area contributed by atoms with Gasteiger partial charge in [0.2, 0.25) is 10.0 Å². The molecule has 0 spiro atoms. The highest BCUT2D eigenvalue weighted by atomic mass is 32.2. The Morgan fingerprint density at radius 1 is 1.08 bits per heavy atom. The Bertz CT molecular complexity index is 1070. The van der Waals surface area contributed by atoms with Crippen molar-refractivity contribution in [3.63, 3.8) is 0 Å². The molecule has 0 aliphatic rings. The number of aromatic nitrogens is 2. The number of nitrogens with one attached hydrogen (secondary N) is 1. The lowest BCUT2D eigenvalue weighted by atomic mass is 10.2. The number of para-hydroxylation sites is 1. The maximum Gasteiger partial charge on any atom is 0.269 e. The second kappa shape index (κ2) is 5.91. The molecule has 0 unspecified atom stereocenters. The van der Waals surface area contributed by atoms with Crippen LogP contribution >= 0.6 is 0 Å². The minimum atomic E-state index is -3.66. The first kappa shape index (κ1) is 17.5. The van der Waals surface area contributed by atoms with Crippen molar-refractivity contribution >= 4 is 37.9 Å². The van der Waals surface area contributed by atoms with Gasteiger partial charge in [-0.3, -0.25) is 4.79 Å². The summed E-state index contributed by atoms with van der Waals surface area (Å²) >= 11 is 0. The molecule has 7 heteroatoms. The highest BCUT2D eigenvalue weighted by Crippen LogP contribution is 2.35. The second-order valence-corrected chi connectivity index (χ2v) is 8.73. The van der Waals surface area contributed by atoms with Crippen LogP contribution in [-0.4, -0.2) is 35.2 Å². The number of nitrogens with zero attached hydrogens (tertiary/aromatic N) is 2. The number of amides is 1. The molecule has 0 bridgehead atoms. The molecule has 0 radical (unpaired) electrons. The first-order valence-electron chi connectivity index (χ1n) is 8.28. The summed E-state index contributed by atoms with van der Waals surface area (Å²) in [5.41, 5.74) is 2.40. The van der Waals surface area contributed by atoms with E-state index in [0.29, 0.717) is 5.52 Å². The Hall–Kier alpha value is -2.28. The van der Waals surface area contributed by atoms with E-state index in [-0.39, 0.29) is 17.8 Å². The van der Waals surface area contributed by atoms with Crippen LogP contribution in [0, 0.1) is 0 Å². The van der Waals surface area contributed by atoms with Gasteiger partial charge >= 0.3 is 0 Å². The summed E-state index contributed by atoms with van der Waals surface area (Å²) in [4.78, 5) is 12.6. The zero-order valence-corrected chi connectivity index (χ0v) is 15.9. The number of hydrogen-bond acceptors (Lipinski definition) is 3. The number of rotatable bonds is 4. The molecular formula is C18H23N3O3S. The fourth-order valence-corrected chi connectivity index (χ4v) is 4.34. The maximum absolute atomic E-state index is 12.6. The van der Waals surface area contributed by atoms with E-state index in [2.05, 4.69) is 9.88 Å². The number of fused-ring (bicyclic) bond motifs is 3. The molecular weight excluding hydrogens is 338 g/mol. The van der Waals surface area contributed by atoms with Gasteiger partial charge in [-0.25, -0.2) is 12.4 Å². The van der Waals surface area contributed by atoms with Gasteiger partial charge in [-0.1, -0.05) is 18.2 Å². The van der Waals surface area contributed by atoms with Crippen LogP contribution in [0.4, 0.5) is 0 Å². The number of benzene rings is 1. The van der Waals surface area contributed by atoms with E-state index in [1.165, 1.54) is 3.97 Å². The fourth-order valence-electron chi connectivity index (χ4n) is 3.32. The molecule has 1 aromatic carbocycles. The topological polar surface area (TPSA) is 73.1 Å². The zero-order chi connectivity index (χ0) is 18.5. The van der Waals surface area contributed by atoms with Crippen molar-refractivity contribution in [3.05, 3.63) is 36.0 Å². The molecule has 0 saturated heterocycles. The Labute approximate surface area is 147 Å². The summed E-state index contributed by atoms with van der Waals surface area (Å²) < 4.78 is 28.3. The van der Waals surface area contributed by atoms with Crippen molar-refractivity contribution in [3.8, 4) is 0 Å². The van der Waals surface area contributed by atoms with Gasteiger partial charge in [-0.15, -0.1) is 0 Å². The van der Waals surface area contributed by atoms with Crippen molar-refractivity contribution in [2.75, 3.05) is 6.26 Å². The molecule has 6 nitrogen and oxygen atoms in total. The number of hydrogen-bond donors (Lipinski definition) is 1. The first-order chi connectivity index (χ1) is 11.6. The van der Waals surface area contributed by atoms with Crippen molar-refractivity contribution in [2.24, 2.45) is 0 Å². The maximum atomic E-state index is 12.6. The molecule has 2 heterocycles. The highest BCUT2D eigenvalue weighted by Gasteiger charge is 2.27. The van der Waals surface area contributed by atoms with E-state index in [9.17, 15) is 13.2 Å². The first-order valence-corrected chi connectivity index (χ1v) is 10.1. The quantitative estimate of drug-likeness (QED) is 0.776. The van der Waals surface area contributed by atoms with Crippen LogP contribution in [0.5, 0.6) is 0 Å². The van der Waals surface area contributed by atoms with Gasteiger partial charge in [0.05, 0.1) is 22.8 Å². The standard InChI is InChI=1S/C18H23N3O3S/c1-11(2)19-18(22)16-10-15-17(21(16)25(5,23)24)13-8-6-7-9-14(13)20(15)12(3)4/h6-12H,1-5H3,(H,19,22). The SMILES string of the molecule is CC(C)NC(=O)c1cc2c(c3ccccc3n2C(C)C)n1S(C)(=O)=O. The minimum absolute atomic E-state index is 0.0845. The third-order valence-electron chi connectivity index (χ3n) is 4.12. The van der Waals surface area contributed by atoms with Crippen LogP contribution in [0.3, 0.4) is 0 Å². The third kappa shape index (κ3) is 2.82. The lowest BCUT2D eigenvalue weighted by Gasteiger charge is -2.12. The minimum Gasteiger partial charge on any atom is -0.349 e. The van der Waals surface area contributed by atoms with Crippen LogP contribution in [0.2, 0.25) is 0 Å². The summed E-state index contributed by atoms with van der Waals surface area (Å²) in [6.07, 6.45) is 1.13. The molecule has 0 saturated carbocycles. The summed E-state index contributed by atoms with van der Waals surface area (Å²) in [6, 6.07) is 9.38. The highest BCUT2D eigenvalue weighted by molar-refractivity contribution is 7.89. The van der Waals surface area contributed by atoms with Crippen LogP contribution in [-0.2, 0) is 10.0 Å². The lowest BCUT2D eigenvalue weighted by Crippen LogP contribution is -2.32. The summed E-state index contributed by atoms with van der Waals surface area (Å²) in [5.74, 6) is -0.393. The fraction of sp³-hybridized carbons (Fsp3) is 0.389. The molecule has 3 rings (SSSR count). The van der Waals surface area contributed by atoms with Crippen LogP contribution in [0.1, 0.15) is 44.2 Å². The number of carbonyl (C=O) groups excluding carboxylic acids is 1. The molecule has 2 aromatic heterocycles. The van der Waals surface area contributed by atoms with Crippen molar-refractivity contribution in [2.45, 2.75) is 39.8 Å².